The molecule has 29 heavy (non-hydrogen) atoms. The average molecular weight is 428 g/mol. The van der Waals surface area contributed by atoms with Crippen LogP contribution in [0.4, 0.5) is 13.2 Å². The van der Waals surface area contributed by atoms with E-state index in [4.69, 9.17) is 9.16 Å². The summed E-state index contributed by atoms with van der Waals surface area (Å²) in [5.41, 5.74) is 0. The quantitative estimate of drug-likeness (QED) is 0.541. The van der Waals surface area contributed by atoms with E-state index in [-0.39, 0.29) is 13.2 Å². The molecule has 0 aliphatic carbocycles. The van der Waals surface area contributed by atoms with E-state index in [1.165, 1.54) is 0 Å². The van der Waals surface area contributed by atoms with Gasteiger partial charge in [-0.25, -0.2) is 0 Å². The maximum absolute atomic E-state index is 13.0. The second-order valence-electron chi connectivity index (χ2n) is 8.19. The molecule has 0 spiro atoms. The van der Waals surface area contributed by atoms with Gasteiger partial charge in [-0.1, -0.05) is 36.4 Å². The summed E-state index contributed by atoms with van der Waals surface area (Å²) >= 11 is 0. The molecule has 0 heterocycles. The summed E-state index contributed by atoms with van der Waals surface area (Å²) in [5, 5.41) is 1.91. The predicted molar refractivity (Wildman–Crippen MR) is 111 cm³/mol. The zero-order valence-electron chi connectivity index (χ0n) is 17.4. The summed E-state index contributed by atoms with van der Waals surface area (Å²) in [4.78, 5) is 12.7. The van der Waals surface area contributed by atoms with Gasteiger partial charge in [0, 0.05) is 18.0 Å². The summed E-state index contributed by atoms with van der Waals surface area (Å²) in [7, 11) is -2.09. The number of hydrogen-bond donors (Lipinski definition) is 0. The van der Waals surface area contributed by atoms with E-state index in [9.17, 15) is 18.0 Å². The summed E-state index contributed by atoms with van der Waals surface area (Å²) < 4.78 is 51.1. The lowest BCUT2D eigenvalue weighted by atomic mass is 10.1. The molecule has 1 amide bonds. The first-order valence-electron chi connectivity index (χ1n) is 9.54. The summed E-state index contributed by atoms with van der Waals surface area (Å²) in [6.45, 7) is 8.81. The lowest BCUT2D eigenvalue weighted by Crippen LogP contribution is -2.51. The van der Waals surface area contributed by atoms with Gasteiger partial charge in [-0.15, -0.1) is 0 Å². The molecule has 0 aromatic heterocycles. The van der Waals surface area contributed by atoms with Crippen LogP contribution in [-0.4, -0.2) is 50.6 Å². The van der Waals surface area contributed by atoms with Crippen LogP contribution in [0.1, 0.15) is 13.8 Å². The molecule has 1 atom stereocenters. The van der Waals surface area contributed by atoms with E-state index in [1.807, 2.05) is 62.1 Å². The van der Waals surface area contributed by atoms with Gasteiger partial charge in [-0.2, -0.15) is 13.2 Å². The topological polar surface area (TPSA) is 38.8 Å². The predicted octanol–water partition coefficient (Wildman–Crippen LogP) is 5.24. The maximum atomic E-state index is 13.0. The number of fused-ring (bicyclic) bond motifs is 1. The third-order valence-electron chi connectivity index (χ3n) is 4.22. The summed E-state index contributed by atoms with van der Waals surface area (Å²) in [6, 6.07) is 12.7. The van der Waals surface area contributed by atoms with Crippen molar-refractivity contribution in [2.45, 2.75) is 51.8 Å². The standard InChI is InChI=1S/C21H28F3NO3Si/c1-15(2)25(20(26)21(22,23)24)13-17(28-29(3,4)5)14-27-19-12-8-10-16-9-6-7-11-18(16)19/h6-12,15,17H,13-14H2,1-5H3. The van der Waals surface area contributed by atoms with Gasteiger partial charge in [0.2, 0.25) is 0 Å². The average Bonchev–Trinajstić information content (AvgIpc) is 2.61. The van der Waals surface area contributed by atoms with Gasteiger partial charge in [-0.05, 0) is 44.9 Å². The van der Waals surface area contributed by atoms with Crippen molar-refractivity contribution in [3.8, 4) is 5.75 Å². The minimum atomic E-state index is -4.93. The van der Waals surface area contributed by atoms with Crippen molar-refractivity contribution in [1.82, 2.24) is 4.90 Å². The molecular formula is C21H28F3NO3Si. The molecule has 2 aromatic carbocycles. The van der Waals surface area contributed by atoms with Gasteiger partial charge in [0.15, 0.2) is 8.32 Å². The third kappa shape index (κ3) is 6.75. The zero-order chi connectivity index (χ0) is 21.8. The molecule has 0 aliphatic heterocycles. The molecule has 0 saturated carbocycles. The molecule has 0 N–H and O–H groups in total. The Morgan fingerprint density at radius 1 is 1.07 bits per heavy atom. The molecule has 0 saturated heterocycles. The Morgan fingerprint density at radius 3 is 2.28 bits per heavy atom. The fourth-order valence-corrected chi connectivity index (χ4v) is 4.18. The van der Waals surface area contributed by atoms with E-state index in [0.29, 0.717) is 5.75 Å². The smallest absolute Gasteiger partial charge is 0.471 e. The van der Waals surface area contributed by atoms with Crippen molar-refractivity contribution in [3.05, 3.63) is 42.5 Å². The monoisotopic (exact) mass is 427 g/mol. The normalized spacial score (nSPS) is 13.6. The molecule has 0 fully saturated rings. The number of amides is 1. The van der Waals surface area contributed by atoms with Crippen LogP contribution in [0.15, 0.2) is 42.5 Å². The van der Waals surface area contributed by atoms with Crippen LogP contribution in [0.25, 0.3) is 10.8 Å². The number of ether oxygens (including phenoxy) is 1. The first kappa shape index (κ1) is 23.2. The minimum Gasteiger partial charge on any atom is -0.490 e. The van der Waals surface area contributed by atoms with E-state index < -0.39 is 32.5 Å². The summed E-state index contributed by atoms with van der Waals surface area (Å²) in [6.07, 6.45) is -5.60. The van der Waals surface area contributed by atoms with Gasteiger partial charge in [-0.3, -0.25) is 4.79 Å². The van der Waals surface area contributed by atoms with Crippen LogP contribution in [0.2, 0.25) is 19.6 Å². The molecule has 160 valence electrons. The van der Waals surface area contributed by atoms with Crippen molar-refractivity contribution in [2.75, 3.05) is 13.2 Å². The number of rotatable bonds is 8. The van der Waals surface area contributed by atoms with E-state index in [0.717, 1.165) is 15.7 Å². The Labute approximate surface area is 170 Å². The maximum Gasteiger partial charge on any atom is 0.471 e. The van der Waals surface area contributed by atoms with Crippen molar-refractivity contribution in [2.24, 2.45) is 0 Å². The third-order valence-corrected chi connectivity index (χ3v) is 5.26. The van der Waals surface area contributed by atoms with Gasteiger partial charge < -0.3 is 14.1 Å². The van der Waals surface area contributed by atoms with Crippen LogP contribution in [0, 0.1) is 0 Å². The van der Waals surface area contributed by atoms with Crippen LogP contribution in [0.5, 0.6) is 5.75 Å². The van der Waals surface area contributed by atoms with Crippen LogP contribution in [0.3, 0.4) is 0 Å². The van der Waals surface area contributed by atoms with E-state index in [2.05, 4.69) is 0 Å². The number of nitrogens with zero attached hydrogens (tertiary/aromatic N) is 1. The van der Waals surface area contributed by atoms with Crippen molar-refractivity contribution in [3.63, 3.8) is 0 Å². The van der Waals surface area contributed by atoms with Gasteiger partial charge in [0.25, 0.3) is 0 Å². The molecule has 2 aromatic rings. The Balaban J connectivity index is 2.22. The van der Waals surface area contributed by atoms with Crippen LogP contribution < -0.4 is 4.74 Å². The second-order valence-corrected chi connectivity index (χ2v) is 12.6. The molecule has 2 rings (SSSR count). The second kappa shape index (κ2) is 9.17. The van der Waals surface area contributed by atoms with Gasteiger partial charge in [0.1, 0.15) is 12.4 Å². The van der Waals surface area contributed by atoms with Gasteiger partial charge in [0.05, 0.1) is 6.10 Å². The number of hydrogen-bond acceptors (Lipinski definition) is 3. The number of carbonyl (C=O) groups excluding carboxylic acids is 1. The summed E-state index contributed by atoms with van der Waals surface area (Å²) in [5.74, 6) is -1.23. The lowest BCUT2D eigenvalue weighted by Gasteiger charge is -2.34. The molecule has 4 nitrogen and oxygen atoms in total. The Bertz CT molecular complexity index is 829. The highest BCUT2D eigenvalue weighted by Crippen LogP contribution is 2.26. The van der Waals surface area contributed by atoms with Crippen LogP contribution in [-0.2, 0) is 9.22 Å². The first-order chi connectivity index (χ1) is 13.4. The molecular weight excluding hydrogens is 399 g/mol. The largest absolute Gasteiger partial charge is 0.490 e. The zero-order valence-corrected chi connectivity index (χ0v) is 18.4. The van der Waals surface area contributed by atoms with Crippen molar-refractivity contribution in [1.29, 1.82) is 0 Å². The van der Waals surface area contributed by atoms with Gasteiger partial charge >= 0.3 is 12.1 Å². The fourth-order valence-electron chi connectivity index (χ4n) is 3.04. The number of carbonyl (C=O) groups is 1. The SMILES string of the molecule is CC(C)N(CC(COc1cccc2ccccc12)O[Si](C)(C)C)C(=O)C(F)(F)F. The number of alkyl halides is 3. The highest BCUT2D eigenvalue weighted by atomic mass is 28.4. The Morgan fingerprint density at radius 2 is 1.69 bits per heavy atom. The molecule has 0 radical (unpaired) electrons. The minimum absolute atomic E-state index is 0.0482. The number of benzene rings is 2. The molecule has 1 unspecified atom stereocenters. The van der Waals surface area contributed by atoms with Crippen molar-refractivity contribution < 1.29 is 27.1 Å². The first-order valence-corrected chi connectivity index (χ1v) is 13.0. The van der Waals surface area contributed by atoms with Crippen molar-refractivity contribution >= 4 is 25.0 Å². The highest BCUT2D eigenvalue weighted by molar-refractivity contribution is 6.69. The van der Waals surface area contributed by atoms with Crippen LogP contribution >= 0.6 is 0 Å². The Hall–Kier alpha value is -2.06. The lowest BCUT2D eigenvalue weighted by molar-refractivity contribution is -0.188. The highest BCUT2D eigenvalue weighted by Gasteiger charge is 2.44. The molecule has 0 aliphatic rings. The van der Waals surface area contributed by atoms with E-state index >= 15 is 0 Å². The molecule has 8 heteroatoms. The van der Waals surface area contributed by atoms with E-state index in [1.54, 1.807) is 13.8 Å². The Kier molecular flexibility index (Phi) is 7.34. The fraction of sp³-hybridized carbons (Fsp3) is 0.476. The number of halogens is 3. The molecule has 0 bridgehead atoms.